The molecule has 5 heteroatoms. The number of carbonyl (C=O) groups excluding carboxylic acids is 1. The standard InChI is InChI=1S/C19H23ClN2O2/c1-13(24-17-11-7-6-10-16(17)20)12-22-19(23)14(2)18(21)15-8-4-3-5-9-15/h3-11,13-14,18H,12,21H2,1-2H3,(H,22,23). The minimum atomic E-state index is -0.342. The summed E-state index contributed by atoms with van der Waals surface area (Å²) < 4.78 is 5.74. The van der Waals surface area contributed by atoms with Crippen molar-refractivity contribution in [3.05, 3.63) is 65.2 Å². The van der Waals surface area contributed by atoms with Crippen LogP contribution in [0.15, 0.2) is 54.6 Å². The fraction of sp³-hybridized carbons (Fsp3) is 0.316. The van der Waals surface area contributed by atoms with E-state index in [1.165, 1.54) is 0 Å². The second kappa shape index (κ2) is 8.71. The molecule has 0 fully saturated rings. The van der Waals surface area contributed by atoms with Crippen molar-refractivity contribution in [1.82, 2.24) is 5.32 Å². The average molecular weight is 347 g/mol. The van der Waals surface area contributed by atoms with Crippen molar-refractivity contribution >= 4 is 17.5 Å². The van der Waals surface area contributed by atoms with E-state index in [1.807, 2.05) is 56.3 Å². The molecule has 0 heterocycles. The minimum absolute atomic E-state index is 0.0963. The van der Waals surface area contributed by atoms with E-state index < -0.39 is 0 Å². The Labute approximate surface area is 148 Å². The fourth-order valence-corrected chi connectivity index (χ4v) is 2.51. The van der Waals surface area contributed by atoms with Gasteiger partial charge in [0, 0.05) is 6.04 Å². The Morgan fingerprint density at radius 2 is 1.75 bits per heavy atom. The van der Waals surface area contributed by atoms with Crippen LogP contribution in [0.3, 0.4) is 0 Å². The Morgan fingerprint density at radius 3 is 2.42 bits per heavy atom. The first-order valence-electron chi connectivity index (χ1n) is 7.98. The monoisotopic (exact) mass is 346 g/mol. The molecule has 0 saturated carbocycles. The molecule has 0 spiro atoms. The summed E-state index contributed by atoms with van der Waals surface area (Å²) in [4.78, 5) is 12.3. The van der Waals surface area contributed by atoms with Crippen molar-refractivity contribution in [2.45, 2.75) is 26.0 Å². The quantitative estimate of drug-likeness (QED) is 0.805. The van der Waals surface area contributed by atoms with E-state index in [2.05, 4.69) is 5.32 Å². The molecular weight excluding hydrogens is 324 g/mol. The Balaban J connectivity index is 1.85. The van der Waals surface area contributed by atoms with E-state index in [9.17, 15) is 4.79 Å². The van der Waals surface area contributed by atoms with Gasteiger partial charge < -0.3 is 15.8 Å². The fourth-order valence-electron chi connectivity index (χ4n) is 2.33. The highest BCUT2D eigenvalue weighted by Gasteiger charge is 2.22. The van der Waals surface area contributed by atoms with Crippen molar-refractivity contribution in [1.29, 1.82) is 0 Å². The van der Waals surface area contributed by atoms with Crippen LogP contribution in [-0.4, -0.2) is 18.6 Å². The molecule has 0 aliphatic rings. The van der Waals surface area contributed by atoms with Crippen LogP contribution in [-0.2, 0) is 4.79 Å². The number of hydrogen-bond acceptors (Lipinski definition) is 3. The second-order valence-corrected chi connectivity index (χ2v) is 6.24. The molecule has 128 valence electrons. The highest BCUT2D eigenvalue weighted by atomic mass is 35.5. The summed E-state index contributed by atoms with van der Waals surface area (Å²) in [6, 6.07) is 16.5. The number of rotatable bonds is 7. The van der Waals surface area contributed by atoms with E-state index in [1.54, 1.807) is 12.1 Å². The zero-order valence-corrected chi connectivity index (χ0v) is 14.7. The summed E-state index contributed by atoms with van der Waals surface area (Å²) in [7, 11) is 0. The Morgan fingerprint density at radius 1 is 1.12 bits per heavy atom. The van der Waals surface area contributed by atoms with Crippen molar-refractivity contribution in [3.8, 4) is 5.75 Å². The van der Waals surface area contributed by atoms with Crippen molar-refractivity contribution in [2.75, 3.05) is 6.54 Å². The first kappa shape index (κ1) is 18.3. The molecular formula is C19H23ClN2O2. The first-order valence-corrected chi connectivity index (χ1v) is 8.36. The maximum atomic E-state index is 12.3. The molecule has 0 radical (unpaired) electrons. The molecule has 1 amide bonds. The smallest absolute Gasteiger partial charge is 0.224 e. The summed E-state index contributed by atoms with van der Waals surface area (Å²) in [5, 5.41) is 3.44. The van der Waals surface area contributed by atoms with Crippen LogP contribution in [0.25, 0.3) is 0 Å². The van der Waals surface area contributed by atoms with Gasteiger partial charge in [-0.1, -0.05) is 61.0 Å². The Kier molecular flexibility index (Phi) is 6.64. The Hall–Kier alpha value is -2.04. The van der Waals surface area contributed by atoms with E-state index in [0.29, 0.717) is 17.3 Å². The predicted molar refractivity (Wildman–Crippen MR) is 97.1 cm³/mol. The van der Waals surface area contributed by atoms with Gasteiger partial charge in [0.05, 0.1) is 17.5 Å². The van der Waals surface area contributed by atoms with Gasteiger partial charge in [0.15, 0.2) is 0 Å². The van der Waals surface area contributed by atoms with Gasteiger partial charge in [-0.2, -0.15) is 0 Å². The summed E-state index contributed by atoms with van der Waals surface area (Å²) in [5.41, 5.74) is 7.12. The number of benzene rings is 2. The first-order chi connectivity index (χ1) is 11.5. The number of carbonyl (C=O) groups is 1. The van der Waals surface area contributed by atoms with Gasteiger partial charge >= 0.3 is 0 Å². The maximum Gasteiger partial charge on any atom is 0.224 e. The molecule has 2 rings (SSSR count). The summed E-state index contributed by atoms with van der Waals surface area (Å²) in [6.45, 7) is 4.09. The van der Waals surface area contributed by atoms with Crippen LogP contribution in [0.5, 0.6) is 5.75 Å². The normalized spacial score (nSPS) is 14.5. The molecule has 0 aliphatic heterocycles. The third kappa shape index (κ3) is 4.98. The highest BCUT2D eigenvalue weighted by molar-refractivity contribution is 6.32. The summed E-state index contributed by atoms with van der Waals surface area (Å²) >= 11 is 6.06. The number of para-hydroxylation sites is 1. The number of ether oxygens (including phenoxy) is 1. The van der Waals surface area contributed by atoms with Crippen LogP contribution in [0.2, 0.25) is 5.02 Å². The van der Waals surface area contributed by atoms with Gasteiger partial charge in [-0.25, -0.2) is 0 Å². The number of amides is 1. The number of halogens is 1. The molecule has 2 aromatic carbocycles. The molecule has 0 aliphatic carbocycles. The van der Waals surface area contributed by atoms with Gasteiger partial charge in [-0.15, -0.1) is 0 Å². The van der Waals surface area contributed by atoms with E-state index in [4.69, 9.17) is 22.1 Å². The van der Waals surface area contributed by atoms with Gasteiger partial charge in [0.2, 0.25) is 5.91 Å². The largest absolute Gasteiger partial charge is 0.487 e. The molecule has 0 saturated heterocycles. The molecule has 4 nitrogen and oxygen atoms in total. The lowest BCUT2D eigenvalue weighted by Gasteiger charge is -2.21. The molecule has 2 aromatic rings. The van der Waals surface area contributed by atoms with Crippen LogP contribution in [0.1, 0.15) is 25.5 Å². The lowest BCUT2D eigenvalue weighted by atomic mass is 9.94. The molecule has 24 heavy (non-hydrogen) atoms. The zero-order chi connectivity index (χ0) is 17.5. The lowest BCUT2D eigenvalue weighted by molar-refractivity contribution is -0.125. The third-order valence-corrected chi connectivity index (χ3v) is 4.18. The number of nitrogens with one attached hydrogen (secondary N) is 1. The van der Waals surface area contributed by atoms with E-state index in [0.717, 1.165) is 5.56 Å². The number of nitrogens with two attached hydrogens (primary N) is 1. The maximum absolute atomic E-state index is 12.3. The third-order valence-electron chi connectivity index (χ3n) is 3.87. The Bertz CT molecular complexity index is 663. The predicted octanol–water partition coefficient (Wildman–Crippen LogP) is 3.56. The van der Waals surface area contributed by atoms with Crippen LogP contribution >= 0.6 is 11.6 Å². The molecule has 3 atom stereocenters. The molecule has 0 bridgehead atoms. The van der Waals surface area contributed by atoms with Crippen LogP contribution in [0.4, 0.5) is 0 Å². The second-order valence-electron chi connectivity index (χ2n) is 5.83. The zero-order valence-electron chi connectivity index (χ0n) is 13.9. The molecule has 3 unspecified atom stereocenters. The van der Waals surface area contributed by atoms with Crippen molar-refractivity contribution in [2.24, 2.45) is 11.7 Å². The van der Waals surface area contributed by atoms with Gasteiger partial charge in [-0.3, -0.25) is 4.79 Å². The highest BCUT2D eigenvalue weighted by Crippen LogP contribution is 2.24. The van der Waals surface area contributed by atoms with Gasteiger partial charge in [0.25, 0.3) is 0 Å². The lowest BCUT2D eigenvalue weighted by Crippen LogP contribution is -2.40. The SMILES string of the molecule is CC(CNC(=O)C(C)C(N)c1ccccc1)Oc1ccccc1Cl. The summed E-state index contributed by atoms with van der Waals surface area (Å²) in [6.07, 6.45) is -0.200. The average Bonchev–Trinajstić information content (AvgIpc) is 2.61. The van der Waals surface area contributed by atoms with E-state index >= 15 is 0 Å². The molecule has 3 N–H and O–H groups in total. The van der Waals surface area contributed by atoms with Gasteiger partial charge in [0.1, 0.15) is 11.9 Å². The minimum Gasteiger partial charge on any atom is -0.487 e. The van der Waals surface area contributed by atoms with Crippen molar-refractivity contribution < 1.29 is 9.53 Å². The number of hydrogen-bond donors (Lipinski definition) is 2. The van der Waals surface area contributed by atoms with E-state index in [-0.39, 0.29) is 24.0 Å². The summed E-state index contributed by atoms with van der Waals surface area (Å²) in [5.74, 6) is 0.177. The van der Waals surface area contributed by atoms with Crippen LogP contribution in [0, 0.1) is 5.92 Å². The van der Waals surface area contributed by atoms with Crippen molar-refractivity contribution in [3.63, 3.8) is 0 Å². The van der Waals surface area contributed by atoms with Crippen LogP contribution < -0.4 is 15.8 Å². The topological polar surface area (TPSA) is 64.4 Å². The van der Waals surface area contributed by atoms with Gasteiger partial charge in [-0.05, 0) is 24.6 Å². The molecule has 0 aromatic heterocycles.